The Hall–Kier alpha value is -0.800. The first kappa shape index (κ1) is 14.3. The molecule has 1 aromatic carbocycles. The fourth-order valence-corrected chi connectivity index (χ4v) is 1.74. The topological polar surface area (TPSA) is 15.3 Å². The average Bonchev–Trinajstić information content (AvgIpc) is 2.32. The van der Waals surface area contributed by atoms with Gasteiger partial charge < -0.3 is 10.2 Å². The standard InChI is InChI=1S/C13H19ClN2S/c1-3-4-9-15-13(17)16(2)10-11-5-7-12(14)8-6-11/h5-8H,3-4,9-10H2,1-2H3,(H,15,17). The number of benzene rings is 1. The molecule has 0 aromatic heterocycles. The Labute approximate surface area is 114 Å². The molecule has 2 nitrogen and oxygen atoms in total. The molecule has 94 valence electrons. The SMILES string of the molecule is CCCCNC(=S)N(C)Cc1ccc(Cl)cc1. The van der Waals surface area contributed by atoms with E-state index in [1.165, 1.54) is 12.0 Å². The first-order valence-electron chi connectivity index (χ1n) is 5.87. The van der Waals surface area contributed by atoms with E-state index in [0.717, 1.165) is 29.6 Å². The number of rotatable bonds is 5. The van der Waals surface area contributed by atoms with Gasteiger partial charge in [-0.15, -0.1) is 0 Å². The minimum absolute atomic E-state index is 0.764. The molecular weight excluding hydrogens is 252 g/mol. The number of thiocarbonyl (C=S) groups is 1. The molecule has 0 spiro atoms. The van der Waals surface area contributed by atoms with Crippen LogP contribution in [-0.2, 0) is 6.54 Å². The molecule has 0 radical (unpaired) electrons. The van der Waals surface area contributed by atoms with Gasteiger partial charge in [-0.25, -0.2) is 0 Å². The van der Waals surface area contributed by atoms with Gasteiger partial charge in [-0.2, -0.15) is 0 Å². The Morgan fingerprint density at radius 3 is 2.59 bits per heavy atom. The lowest BCUT2D eigenvalue weighted by atomic mass is 10.2. The Balaban J connectivity index is 2.40. The molecule has 0 atom stereocenters. The predicted molar refractivity (Wildman–Crippen MR) is 78.4 cm³/mol. The molecule has 0 heterocycles. The van der Waals surface area contributed by atoms with E-state index < -0.39 is 0 Å². The van der Waals surface area contributed by atoms with Gasteiger partial charge in [0.1, 0.15) is 0 Å². The molecule has 1 N–H and O–H groups in total. The quantitative estimate of drug-likeness (QED) is 0.652. The van der Waals surface area contributed by atoms with E-state index in [0.29, 0.717) is 0 Å². The van der Waals surface area contributed by atoms with Crippen molar-refractivity contribution in [3.8, 4) is 0 Å². The second kappa shape index (κ2) is 7.51. The number of halogens is 1. The lowest BCUT2D eigenvalue weighted by molar-refractivity contribution is 0.487. The molecule has 0 fully saturated rings. The van der Waals surface area contributed by atoms with E-state index in [9.17, 15) is 0 Å². The molecule has 0 bridgehead atoms. The van der Waals surface area contributed by atoms with E-state index in [4.69, 9.17) is 23.8 Å². The third-order valence-electron chi connectivity index (χ3n) is 2.49. The highest BCUT2D eigenvalue weighted by atomic mass is 35.5. The maximum atomic E-state index is 5.84. The summed E-state index contributed by atoms with van der Waals surface area (Å²) in [5.74, 6) is 0. The van der Waals surface area contributed by atoms with E-state index in [-0.39, 0.29) is 0 Å². The highest BCUT2D eigenvalue weighted by Crippen LogP contribution is 2.10. The zero-order valence-electron chi connectivity index (χ0n) is 10.4. The van der Waals surface area contributed by atoms with Crippen molar-refractivity contribution in [2.45, 2.75) is 26.3 Å². The van der Waals surface area contributed by atoms with Crippen molar-refractivity contribution in [3.63, 3.8) is 0 Å². The summed E-state index contributed by atoms with van der Waals surface area (Å²) in [5, 5.41) is 4.81. The van der Waals surface area contributed by atoms with E-state index in [1.807, 2.05) is 36.2 Å². The fraction of sp³-hybridized carbons (Fsp3) is 0.462. The van der Waals surface area contributed by atoms with Crippen LogP contribution in [0.5, 0.6) is 0 Å². The molecule has 4 heteroatoms. The molecular formula is C13H19ClN2S. The Morgan fingerprint density at radius 2 is 2.00 bits per heavy atom. The predicted octanol–water partition coefficient (Wildman–Crippen LogP) is 3.45. The Kier molecular flexibility index (Phi) is 6.30. The summed E-state index contributed by atoms with van der Waals surface area (Å²) in [6.45, 7) is 3.91. The average molecular weight is 271 g/mol. The monoisotopic (exact) mass is 270 g/mol. The summed E-state index contributed by atoms with van der Waals surface area (Å²) >= 11 is 11.1. The van der Waals surface area contributed by atoms with Crippen LogP contribution in [0.3, 0.4) is 0 Å². The summed E-state index contributed by atoms with van der Waals surface area (Å²) in [7, 11) is 2.00. The summed E-state index contributed by atoms with van der Waals surface area (Å²) in [6, 6.07) is 7.84. The highest BCUT2D eigenvalue weighted by molar-refractivity contribution is 7.80. The van der Waals surface area contributed by atoms with Crippen LogP contribution in [0, 0.1) is 0 Å². The summed E-state index contributed by atoms with van der Waals surface area (Å²) in [4.78, 5) is 2.04. The maximum absolute atomic E-state index is 5.84. The number of unbranched alkanes of at least 4 members (excludes halogenated alkanes) is 1. The van der Waals surface area contributed by atoms with Crippen molar-refractivity contribution in [3.05, 3.63) is 34.9 Å². The molecule has 0 unspecified atom stereocenters. The van der Waals surface area contributed by atoms with Crippen molar-refractivity contribution < 1.29 is 0 Å². The molecule has 0 saturated carbocycles. The Morgan fingerprint density at radius 1 is 1.35 bits per heavy atom. The van der Waals surface area contributed by atoms with Crippen molar-refractivity contribution in [1.29, 1.82) is 0 Å². The lowest BCUT2D eigenvalue weighted by Gasteiger charge is -2.21. The van der Waals surface area contributed by atoms with Gasteiger partial charge in [-0.1, -0.05) is 37.1 Å². The van der Waals surface area contributed by atoms with Crippen LogP contribution < -0.4 is 5.32 Å². The molecule has 1 rings (SSSR count). The minimum atomic E-state index is 0.764. The molecule has 0 amide bonds. The number of nitrogens with one attached hydrogen (secondary N) is 1. The second-order valence-electron chi connectivity index (χ2n) is 4.07. The van der Waals surface area contributed by atoms with Crippen LogP contribution in [0.25, 0.3) is 0 Å². The van der Waals surface area contributed by atoms with Gasteiger partial charge in [0.15, 0.2) is 5.11 Å². The van der Waals surface area contributed by atoms with Gasteiger partial charge in [-0.05, 0) is 36.3 Å². The minimum Gasteiger partial charge on any atom is -0.363 e. The van der Waals surface area contributed by atoms with Crippen LogP contribution in [0.4, 0.5) is 0 Å². The molecule has 0 aliphatic rings. The van der Waals surface area contributed by atoms with Gasteiger partial charge in [0.25, 0.3) is 0 Å². The van der Waals surface area contributed by atoms with Gasteiger partial charge in [-0.3, -0.25) is 0 Å². The number of nitrogens with zero attached hydrogens (tertiary/aromatic N) is 1. The van der Waals surface area contributed by atoms with E-state index in [2.05, 4.69) is 12.2 Å². The van der Waals surface area contributed by atoms with Crippen LogP contribution in [0.15, 0.2) is 24.3 Å². The first-order valence-corrected chi connectivity index (χ1v) is 6.65. The Bertz CT molecular complexity index is 351. The van der Waals surface area contributed by atoms with Crippen LogP contribution >= 0.6 is 23.8 Å². The molecule has 1 aromatic rings. The fourth-order valence-electron chi connectivity index (χ4n) is 1.44. The van der Waals surface area contributed by atoms with Crippen molar-refractivity contribution in [1.82, 2.24) is 10.2 Å². The van der Waals surface area contributed by atoms with Gasteiger partial charge in [0.2, 0.25) is 0 Å². The third-order valence-corrected chi connectivity index (χ3v) is 3.19. The highest BCUT2D eigenvalue weighted by Gasteiger charge is 2.04. The van der Waals surface area contributed by atoms with Gasteiger partial charge >= 0.3 is 0 Å². The van der Waals surface area contributed by atoms with Gasteiger partial charge in [0.05, 0.1) is 0 Å². The first-order chi connectivity index (χ1) is 8.13. The van der Waals surface area contributed by atoms with Crippen molar-refractivity contribution >= 4 is 28.9 Å². The normalized spacial score (nSPS) is 10.1. The zero-order chi connectivity index (χ0) is 12.7. The van der Waals surface area contributed by atoms with Crippen LogP contribution in [-0.4, -0.2) is 23.6 Å². The maximum Gasteiger partial charge on any atom is 0.168 e. The van der Waals surface area contributed by atoms with Crippen LogP contribution in [0.2, 0.25) is 5.02 Å². The molecule has 0 aliphatic heterocycles. The summed E-state index contributed by atoms with van der Waals surface area (Å²) < 4.78 is 0. The molecule has 0 saturated heterocycles. The smallest absolute Gasteiger partial charge is 0.168 e. The summed E-state index contributed by atoms with van der Waals surface area (Å²) in [5.41, 5.74) is 1.21. The summed E-state index contributed by atoms with van der Waals surface area (Å²) in [6.07, 6.45) is 2.32. The van der Waals surface area contributed by atoms with Gasteiger partial charge in [0, 0.05) is 25.2 Å². The zero-order valence-corrected chi connectivity index (χ0v) is 11.9. The van der Waals surface area contributed by atoms with Crippen molar-refractivity contribution in [2.24, 2.45) is 0 Å². The lowest BCUT2D eigenvalue weighted by Crippen LogP contribution is -2.36. The number of hydrogen-bond acceptors (Lipinski definition) is 1. The largest absolute Gasteiger partial charge is 0.363 e. The van der Waals surface area contributed by atoms with Crippen molar-refractivity contribution in [2.75, 3.05) is 13.6 Å². The molecule has 0 aliphatic carbocycles. The van der Waals surface area contributed by atoms with E-state index in [1.54, 1.807) is 0 Å². The number of hydrogen-bond donors (Lipinski definition) is 1. The molecule has 17 heavy (non-hydrogen) atoms. The van der Waals surface area contributed by atoms with E-state index >= 15 is 0 Å². The second-order valence-corrected chi connectivity index (χ2v) is 4.89. The third kappa shape index (κ3) is 5.37. The van der Waals surface area contributed by atoms with Crippen LogP contribution in [0.1, 0.15) is 25.3 Å².